The Kier molecular flexibility index (Phi) is 19.0. The summed E-state index contributed by atoms with van der Waals surface area (Å²) in [5, 5.41) is 4.97. The first-order valence-electron chi connectivity index (χ1n) is 2.03. The summed E-state index contributed by atoms with van der Waals surface area (Å²) < 4.78 is 0. The summed E-state index contributed by atoms with van der Waals surface area (Å²) in [5.74, 6) is 0. The summed E-state index contributed by atoms with van der Waals surface area (Å²) in [6.45, 7) is 0.991. The van der Waals surface area contributed by atoms with Gasteiger partial charge in [0.2, 0.25) is 0 Å². The Morgan fingerprint density at radius 3 is 2.29 bits per heavy atom. The molecule has 0 saturated carbocycles. The molecule has 0 fully saturated rings. The maximum Gasteiger partial charge on any atom is 1.00 e. The molecule has 0 aliphatic heterocycles. The zero-order valence-corrected chi connectivity index (χ0v) is 11.4. The predicted molar refractivity (Wildman–Crippen MR) is 32.6 cm³/mol. The molecular formula is C4H9BrNRb. The molecule has 0 N–H and O–H groups in total. The minimum Gasteiger partial charge on any atom is -0.665 e. The third-order valence-corrected chi connectivity index (χ3v) is 1.08. The van der Waals surface area contributed by atoms with Gasteiger partial charge in [-0.15, -0.1) is 6.54 Å². The van der Waals surface area contributed by atoms with Crippen LogP contribution in [0.3, 0.4) is 0 Å². The van der Waals surface area contributed by atoms with E-state index in [2.05, 4.69) is 21.2 Å². The molecule has 0 aliphatic carbocycles. The van der Waals surface area contributed by atoms with Crippen LogP contribution in [0.25, 0.3) is 5.32 Å². The summed E-state index contributed by atoms with van der Waals surface area (Å²) in [5.41, 5.74) is 0. The molecule has 0 spiro atoms. The molecule has 0 heterocycles. The molecule has 0 atom stereocenters. The number of halogens is 1. The van der Waals surface area contributed by atoms with E-state index in [0.717, 1.165) is 18.3 Å². The van der Waals surface area contributed by atoms with Crippen molar-refractivity contribution >= 4 is 15.9 Å². The van der Waals surface area contributed by atoms with E-state index in [9.17, 15) is 0 Å². The van der Waals surface area contributed by atoms with Crippen molar-refractivity contribution in [1.29, 1.82) is 0 Å². The van der Waals surface area contributed by atoms with Crippen LogP contribution in [0.2, 0.25) is 0 Å². The Morgan fingerprint density at radius 1 is 1.57 bits per heavy atom. The summed E-state index contributed by atoms with van der Waals surface area (Å²) in [4.78, 5) is 0. The molecule has 0 unspecified atom stereocenters. The largest absolute Gasteiger partial charge is 1.00 e. The first-order chi connectivity index (χ1) is 2.91. The van der Waals surface area contributed by atoms with E-state index in [0.29, 0.717) is 0 Å². The van der Waals surface area contributed by atoms with Crippen molar-refractivity contribution in [3.8, 4) is 0 Å². The van der Waals surface area contributed by atoms with E-state index in [1.807, 2.05) is 7.05 Å². The molecule has 0 amide bonds. The van der Waals surface area contributed by atoms with Gasteiger partial charge in [-0.1, -0.05) is 22.4 Å². The van der Waals surface area contributed by atoms with Crippen molar-refractivity contribution in [2.24, 2.45) is 0 Å². The Morgan fingerprint density at radius 2 is 2.14 bits per heavy atom. The van der Waals surface area contributed by atoms with Gasteiger partial charge in [0.1, 0.15) is 0 Å². The quantitative estimate of drug-likeness (QED) is 0.431. The standard InChI is InChI=1S/C4H9BrN.Rb/c1-6-4-2-3-5;/h2-4H2,1H3;/q-1;+1. The van der Waals surface area contributed by atoms with Gasteiger partial charge in [0, 0.05) is 5.33 Å². The number of hydrogen-bond acceptors (Lipinski definition) is 0. The summed E-state index contributed by atoms with van der Waals surface area (Å²) in [7, 11) is 1.84. The van der Waals surface area contributed by atoms with Crippen molar-refractivity contribution in [3.05, 3.63) is 5.32 Å². The van der Waals surface area contributed by atoms with Crippen LogP contribution in [0.4, 0.5) is 0 Å². The predicted octanol–water partition coefficient (Wildman–Crippen LogP) is -1.22. The molecule has 0 aromatic heterocycles. The van der Waals surface area contributed by atoms with Crippen molar-refractivity contribution in [2.75, 3.05) is 18.9 Å². The summed E-state index contributed by atoms with van der Waals surface area (Å²) in [6, 6.07) is 0. The normalized spacial score (nSPS) is 7.71. The van der Waals surface area contributed by atoms with Gasteiger partial charge in [-0.05, 0) is 0 Å². The third kappa shape index (κ3) is 11.7. The average molecular weight is 236 g/mol. The summed E-state index contributed by atoms with van der Waals surface area (Å²) in [6.07, 6.45) is 1.16. The van der Waals surface area contributed by atoms with Crippen molar-refractivity contribution in [1.82, 2.24) is 0 Å². The Bertz CT molecular complexity index is 23.7. The molecule has 7 heavy (non-hydrogen) atoms. The molecular weight excluding hydrogens is 227 g/mol. The van der Waals surface area contributed by atoms with Gasteiger partial charge < -0.3 is 5.32 Å². The van der Waals surface area contributed by atoms with Crippen LogP contribution in [0.15, 0.2) is 0 Å². The second-order valence-electron chi connectivity index (χ2n) is 1.08. The molecule has 0 aromatic carbocycles. The van der Waals surface area contributed by atoms with Gasteiger partial charge in [-0.25, -0.2) is 0 Å². The Balaban J connectivity index is 0. The number of hydrogen-bond donors (Lipinski definition) is 0. The first-order valence-corrected chi connectivity index (χ1v) is 3.15. The molecule has 0 saturated heterocycles. The van der Waals surface area contributed by atoms with Crippen LogP contribution in [0, 0.1) is 0 Å². The van der Waals surface area contributed by atoms with E-state index in [1.54, 1.807) is 0 Å². The zero-order chi connectivity index (χ0) is 4.83. The van der Waals surface area contributed by atoms with Crippen LogP contribution in [0.5, 0.6) is 0 Å². The molecule has 3 heteroatoms. The van der Waals surface area contributed by atoms with Gasteiger partial charge in [0.25, 0.3) is 0 Å². The van der Waals surface area contributed by atoms with E-state index in [1.165, 1.54) is 0 Å². The smallest absolute Gasteiger partial charge is 0.665 e. The van der Waals surface area contributed by atoms with Gasteiger partial charge in [0.05, 0.1) is 0 Å². The van der Waals surface area contributed by atoms with Crippen LogP contribution in [0.1, 0.15) is 6.42 Å². The molecule has 1 nitrogen and oxygen atoms in total. The number of alkyl halides is 1. The van der Waals surface area contributed by atoms with Gasteiger partial charge in [-0.3, -0.25) is 0 Å². The van der Waals surface area contributed by atoms with Gasteiger partial charge in [-0.2, -0.15) is 7.05 Å². The third-order valence-electron chi connectivity index (χ3n) is 0.515. The summed E-state index contributed by atoms with van der Waals surface area (Å²) >= 11 is 3.29. The maximum absolute atomic E-state index is 3.90. The Hall–Kier alpha value is 2.25. The molecule has 38 valence electrons. The second-order valence-corrected chi connectivity index (χ2v) is 1.88. The van der Waals surface area contributed by atoms with Crippen LogP contribution >= 0.6 is 15.9 Å². The molecule has 0 aromatic rings. The Labute approximate surface area is 103 Å². The SMILES string of the molecule is C[N-]CCCBr.[Rb+]. The van der Waals surface area contributed by atoms with E-state index < -0.39 is 0 Å². The van der Waals surface area contributed by atoms with Crippen LogP contribution in [-0.4, -0.2) is 18.9 Å². The fourth-order valence-electron chi connectivity index (χ4n) is 0.218. The number of nitrogens with zero attached hydrogens (tertiary/aromatic N) is 1. The van der Waals surface area contributed by atoms with Crippen LogP contribution < -0.4 is 58.2 Å². The van der Waals surface area contributed by atoms with E-state index in [-0.39, 0.29) is 58.2 Å². The average Bonchev–Trinajstić information content (AvgIpc) is 1.61. The minimum atomic E-state index is 0. The van der Waals surface area contributed by atoms with Gasteiger partial charge in [0.15, 0.2) is 0 Å². The zero-order valence-electron chi connectivity index (χ0n) is 4.95. The van der Waals surface area contributed by atoms with Crippen LogP contribution in [-0.2, 0) is 0 Å². The molecule has 0 radical (unpaired) electrons. The second kappa shape index (κ2) is 11.1. The van der Waals surface area contributed by atoms with E-state index in [4.69, 9.17) is 0 Å². The topological polar surface area (TPSA) is 14.1 Å². The monoisotopic (exact) mass is 235 g/mol. The minimum absolute atomic E-state index is 0. The molecule has 0 bridgehead atoms. The number of rotatable bonds is 3. The maximum atomic E-state index is 3.90. The van der Waals surface area contributed by atoms with Crippen molar-refractivity contribution in [2.45, 2.75) is 6.42 Å². The first kappa shape index (κ1) is 12.0. The van der Waals surface area contributed by atoms with Gasteiger partial charge >= 0.3 is 58.2 Å². The van der Waals surface area contributed by atoms with Crippen molar-refractivity contribution in [3.63, 3.8) is 0 Å². The van der Waals surface area contributed by atoms with E-state index >= 15 is 0 Å². The van der Waals surface area contributed by atoms with Crippen molar-refractivity contribution < 1.29 is 58.2 Å². The fourth-order valence-corrected chi connectivity index (χ4v) is 0.469. The fraction of sp³-hybridized carbons (Fsp3) is 1.00. The molecule has 0 aliphatic rings. The molecule has 0 rings (SSSR count).